The monoisotopic (exact) mass is 744 g/mol. The Morgan fingerprint density at radius 1 is 0.298 bits per heavy atom. The number of aromatic nitrogens is 1. The van der Waals surface area contributed by atoms with Gasteiger partial charge in [-0.15, -0.1) is 11.3 Å². The summed E-state index contributed by atoms with van der Waals surface area (Å²) in [6, 6.07) is 79.3. The standard InChI is InChI=1S/C54H36N2S/c1-3-11-37(12-4-1)39-19-26-43(27-20-39)55(44-28-21-40(22-29-44)38-13-5-2-6-14-38)45-30-23-41(24-31-45)42-25-33-52-49(35-42)47-15-7-9-17-51(47)56(52)46-32-34-54-50(36-46)48-16-8-10-18-53(48)57-54/h1-36H. The average molecular weight is 745 g/mol. The van der Waals surface area contributed by atoms with Crippen molar-refractivity contribution in [3.8, 4) is 39.1 Å². The molecular formula is C54H36N2S. The second kappa shape index (κ2) is 13.8. The molecule has 3 heteroatoms. The van der Waals surface area contributed by atoms with E-state index >= 15 is 0 Å². The van der Waals surface area contributed by atoms with E-state index in [2.05, 4.69) is 228 Å². The molecule has 2 aromatic heterocycles. The van der Waals surface area contributed by atoms with Crippen LogP contribution in [0.15, 0.2) is 218 Å². The van der Waals surface area contributed by atoms with E-state index in [-0.39, 0.29) is 0 Å². The largest absolute Gasteiger partial charge is 0.311 e. The summed E-state index contributed by atoms with van der Waals surface area (Å²) in [6.45, 7) is 0. The van der Waals surface area contributed by atoms with Gasteiger partial charge < -0.3 is 9.47 Å². The zero-order valence-electron chi connectivity index (χ0n) is 31.1. The highest BCUT2D eigenvalue weighted by Gasteiger charge is 2.17. The number of rotatable bonds is 7. The van der Waals surface area contributed by atoms with Gasteiger partial charge >= 0.3 is 0 Å². The predicted molar refractivity (Wildman–Crippen MR) is 245 cm³/mol. The fourth-order valence-corrected chi connectivity index (χ4v) is 9.49. The summed E-state index contributed by atoms with van der Waals surface area (Å²) in [4.78, 5) is 2.34. The van der Waals surface area contributed by atoms with Gasteiger partial charge in [-0.1, -0.05) is 140 Å². The van der Waals surface area contributed by atoms with E-state index in [0.29, 0.717) is 0 Å². The lowest BCUT2D eigenvalue weighted by molar-refractivity contribution is 1.19. The van der Waals surface area contributed by atoms with Gasteiger partial charge in [-0.05, 0) is 112 Å². The van der Waals surface area contributed by atoms with Gasteiger partial charge in [0.1, 0.15) is 0 Å². The van der Waals surface area contributed by atoms with Crippen molar-refractivity contribution >= 4 is 70.4 Å². The molecule has 0 amide bonds. The Labute approximate surface area is 335 Å². The first-order valence-electron chi connectivity index (χ1n) is 19.4. The number of fused-ring (bicyclic) bond motifs is 6. The topological polar surface area (TPSA) is 8.17 Å². The minimum atomic E-state index is 1.10. The van der Waals surface area contributed by atoms with Crippen LogP contribution in [0.3, 0.4) is 0 Å². The maximum absolute atomic E-state index is 2.42. The quantitative estimate of drug-likeness (QED) is 0.158. The molecule has 57 heavy (non-hydrogen) atoms. The molecule has 0 N–H and O–H groups in total. The molecule has 0 saturated carbocycles. The molecule has 268 valence electrons. The van der Waals surface area contributed by atoms with Crippen LogP contribution in [-0.4, -0.2) is 4.57 Å². The highest BCUT2D eigenvalue weighted by molar-refractivity contribution is 7.25. The number of hydrogen-bond donors (Lipinski definition) is 0. The predicted octanol–water partition coefficient (Wildman–Crippen LogP) is 15.6. The van der Waals surface area contributed by atoms with Gasteiger partial charge in [0.2, 0.25) is 0 Å². The van der Waals surface area contributed by atoms with E-state index < -0.39 is 0 Å². The molecule has 0 bridgehead atoms. The Morgan fingerprint density at radius 3 is 1.37 bits per heavy atom. The number of nitrogens with zero attached hydrogens (tertiary/aromatic N) is 2. The van der Waals surface area contributed by atoms with Crippen LogP contribution in [0.1, 0.15) is 0 Å². The van der Waals surface area contributed by atoms with Gasteiger partial charge in [0, 0.05) is 53.7 Å². The average Bonchev–Trinajstić information content (AvgIpc) is 3.83. The molecule has 2 heterocycles. The van der Waals surface area contributed by atoms with Crippen LogP contribution in [0.25, 0.3) is 81.0 Å². The van der Waals surface area contributed by atoms with Gasteiger partial charge in [-0.25, -0.2) is 0 Å². The van der Waals surface area contributed by atoms with Gasteiger partial charge in [0.05, 0.1) is 11.0 Å². The van der Waals surface area contributed by atoms with Crippen molar-refractivity contribution in [3.63, 3.8) is 0 Å². The lowest BCUT2D eigenvalue weighted by Crippen LogP contribution is -2.09. The minimum Gasteiger partial charge on any atom is -0.311 e. The molecule has 0 radical (unpaired) electrons. The first-order valence-corrected chi connectivity index (χ1v) is 20.2. The van der Waals surface area contributed by atoms with E-state index in [1.807, 2.05) is 11.3 Å². The van der Waals surface area contributed by atoms with Crippen molar-refractivity contribution in [2.24, 2.45) is 0 Å². The third-order valence-corrected chi connectivity index (χ3v) is 12.4. The number of para-hydroxylation sites is 1. The fraction of sp³-hybridized carbons (Fsp3) is 0. The summed E-state index contributed by atoms with van der Waals surface area (Å²) in [7, 11) is 0. The number of thiophene rings is 1. The molecule has 9 aromatic carbocycles. The van der Waals surface area contributed by atoms with Gasteiger partial charge in [-0.2, -0.15) is 0 Å². The molecule has 0 aliphatic rings. The molecule has 0 saturated heterocycles. The zero-order chi connectivity index (χ0) is 37.7. The van der Waals surface area contributed by atoms with Crippen LogP contribution in [0.5, 0.6) is 0 Å². The van der Waals surface area contributed by atoms with Crippen molar-refractivity contribution < 1.29 is 0 Å². The summed E-state index contributed by atoms with van der Waals surface area (Å²) in [5.74, 6) is 0. The Morgan fingerprint density at radius 2 is 0.754 bits per heavy atom. The Hall–Kier alpha value is -7.20. The smallest absolute Gasteiger partial charge is 0.0541 e. The third kappa shape index (κ3) is 5.88. The first kappa shape index (κ1) is 33.2. The van der Waals surface area contributed by atoms with Crippen LogP contribution in [0.2, 0.25) is 0 Å². The van der Waals surface area contributed by atoms with Gasteiger partial charge in [0.15, 0.2) is 0 Å². The van der Waals surface area contributed by atoms with Crippen LogP contribution < -0.4 is 4.90 Å². The Kier molecular flexibility index (Phi) is 8.04. The molecule has 11 rings (SSSR count). The lowest BCUT2D eigenvalue weighted by Gasteiger charge is -2.26. The second-order valence-corrected chi connectivity index (χ2v) is 15.7. The molecule has 0 aliphatic heterocycles. The second-order valence-electron chi connectivity index (χ2n) is 14.6. The van der Waals surface area contributed by atoms with E-state index in [0.717, 1.165) is 17.1 Å². The number of hydrogen-bond acceptors (Lipinski definition) is 2. The SMILES string of the molecule is c1ccc(-c2ccc(N(c3ccc(-c4ccccc4)cc3)c3ccc(-c4ccc5c(c4)c4ccccc4n5-c4ccc5sc6ccccc6c5c4)cc3)cc2)cc1. The summed E-state index contributed by atoms with van der Waals surface area (Å²) in [6.07, 6.45) is 0. The van der Waals surface area contributed by atoms with Gasteiger partial charge in [0.25, 0.3) is 0 Å². The molecular weight excluding hydrogens is 709 g/mol. The van der Waals surface area contributed by atoms with Crippen LogP contribution in [0.4, 0.5) is 17.1 Å². The maximum Gasteiger partial charge on any atom is 0.0541 e. The number of benzene rings is 9. The van der Waals surface area contributed by atoms with E-state index in [1.54, 1.807) is 0 Å². The minimum absolute atomic E-state index is 1.10. The van der Waals surface area contributed by atoms with E-state index in [4.69, 9.17) is 0 Å². The van der Waals surface area contributed by atoms with Crippen molar-refractivity contribution in [1.29, 1.82) is 0 Å². The fourth-order valence-electron chi connectivity index (χ4n) is 8.40. The Balaban J connectivity index is 0.976. The molecule has 0 aliphatic carbocycles. The number of anilines is 3. The summed E-state index contributed by atoms with van der Waals surface area (Å²) in [5, 5.41) is 5.13. The van der Waals surface area contributed by atoms with Crippen molar-refractivity contribution in [3.05, 3.63) is 218 Å². The Bertz CT molecular complexity index is 3110. The molecule has 11 aromatic rings. The van der Waals surface area contributed by atoms with Crippen LogP contribution in [0, 0.1) is 0 Å². The highest BCUT2D eigenvalue weighted by atomic mass is 32.1. The normalized spacial score (nSPS) is 11.5. The zero-order valence-corrected chi connectivity index (χ0v) is 31.9. The highest BCUT2D eigenvalue weighted by Crippen LogP contribution is 2.41. The van der Waals surface area contributed by atoms with Crippen LogP contribution >= 0.6 is 11.3 Å². The molecule has 2 nitrogen and oxygen atoms in total. The molecule has 0 atom stereocenters. The van der Waals surface area contributed by atoms with Crippen molar-refractivity contribution in [1.82, 2.24) is 4.57 Å². The lowest BCUT2D eigenvalue weighted by atomic mass is 10.0. The third-order valence-electron chi connectivity index (χ3n) is 11.2. The van der Waals surface area contributed by atoms with Gasteiger partial charge in [-0.3, -0.25) is 0 Å². The molecule has 0 unspecified atom stereocenters. The molecule has 0 fully saturated rings. The van der Waals surface area contributed by atoms with E-state index in [9.17, 15) is 0 Å². The van der Waals surface area contributed by atoms with Crippen molar-refractivity contribution in [2.45, 2.75) is 0 Å². The maximum atomic E-state index is 2.42. The van der Waals surface area contributed by atoms with Crippen LogP contribution in [-0.2, 0) is 0 Å². The summed E-state index contributed by atoms with van der Waals surface area (Å²) in [5.41, 5.74) is 14.1. The molecule has 0 spiro atoms. The first-order chi connectivity index (χ1) is 28.2. The summed E-state index contributed by atoms with van der Waals surface area (Å²) < 4.78 is 5.07. The summed E-state index contributed by atoms with van der Waals surface area (Å²) >= 11 is 1.86. The van der Waals surface area contributed by atoms with Crippen molar-refractivity contribution in [2.75, 3.05) is 4.90 Å². The van der Waals surface area contributed by atoms with E-state index in [1.165, 1.54) is 81.0 Å².